The second kappa shape index (κ2) is 13.3. The number of guanidine groups is 1. The lowest BCUT2D eigenvalue weighted by atomic mass is 10.1. The summed E-state index contributed by atoms with van der Waals surface area (Å²) in [4.78, 5) is 22.5. The Kier molecular flexibility index (Phi) is 10.8. The van der Waals surface area contributed by atoms with Crippen LogP contribution in [0, 0.1) is 0 Å². The number of amides is 1. The Hall–Kier alpha value is -2.41. The summed E-state index contributed by atoms with van der Waals surface area (Å²) in [7, 11) is 5.07. The third-order valence-electron chi connectivity index (χ3n) is 5.04. The van der Waals surface area contributed by atoms with Gasteiger partial charge in [0.25, 0.3) is 5.91 Å². The van der Waals surface area contributed by atoms with Gasteiger partial charge in [0.05, 0.1) is 13.1 Å². The number of halogens is 1. The summed E-state index contributed by atoms with van der Waals surface area (Å²) in [6.45, 7) is 4.48. The van der Waals surface area contributed by atoms with Crippen LogP contribution in [0.4, 0.5) is 0 Å². The van der Waals surface area contributed by atoms with Crippen molar-refractivity contribution in [1.82, 2.24) is 30.3 Å². The largest absolute Gasteiger partial charge is 0.484 e. The van der Waals surface area contributed by atoms with Crippen LogP contribution in [0.15, 0.2) is 29.3 Å². The van der Waals surface area contributed by atoms with Gasteiger partial charge in [-0.05, 0) is 31.0 Å². The molecule has 0 saturated heterocycles. The molecule has 3 rings (SSSR count). The fourth-order valence-electron chi connectivity index (χ4n) is 3.36. The number of likely N-dealkylation sites (N-methyl/N-ethyl adjacent to an activating group) is 1. The molecule has 182 valence electrons. The van der Waals surface area contributed by atoms with Crippen LogP contribution in [-0.4, -0.2) is 71.9 Å². The summed E-state index contributed by atoms with van der Waals surface area (Å²) in [6.07, 6.45) is 1.82. The minimum absolute atomic E-state index is 0. The monoisotopic (exact) mass is 571 g/mol. The van der Waals surface area contributed by atoms with E-state index in [1.54, 1.807) is 21.2 Å². The van der Waals surface area contributed by atoms with Gasteiger partial charge in [0, 0.05) is 40.2 Å². The molecule has 0 fully saturated rings. The van der Waals surface area contributed by atoms with Gasteiger partial charge in [-0.15, -0.1) is 24.0 Å². The molecule has 33 heavy (non-hydrogen) atoms. The van der Waals surface area contributed by atoms with Crippen molar-refractivity contribution in [2.45, 2.75) is 45.5 Å². The number of nitrogens with zero attached hydrogens (tertiary/aromatic N) is 5. The van der Waals surface area contributed by atoms with Crippen molar-refractivity contribution in [2.24, 2.45) is 4.99 Å². The summed E-state index contributed by atoms with van der Waals surface area (Å²) in [5, 5.41) is 11.4. The van der Waals surface area contributed by atoms with Crippen LogP contribution in [0.2, 0.25) is 0 Å². The van der Waals surface area contributed by atoms with Crippen LogP contribution in [0.5, 0.6) is 5.75 Å². The number of hydrogen-bond acceptors (Lipinski definition) is 6. The fraction of sp³-hybridized carbons (Fsp3) is 0.545. The third-order valence-corrected chi connectivity index (χ3v) is 5.04. The minimum Gasteiger partial charge on any atom is -0.484 e. The smallest absolute Gasteiger partial charge is 0.259 e. The van der Waals surface area contributed by atoms with Gasteiger partial charge < -0.3 is 25.0 Å². The molecule has 0 saturated carbocycles. The van der Waals surface area contributed by atoms with Gasteiger partial charge in [0.2, 0.25) is 0 Å². The van der Waals surface area contributed by atoms with E-state index >= 15 is 0 Å². The molecule has 10 nitrogen and oxygen atoms in total. The van der Waals surface area contributed by atoms with Crippen molar-refractivity contribution in [3.05, 3.63) is 41.5 Å². The Bertz CT molecular complexity index is 932. The minimum atomic E-state index is -0.0792. The van der Waals surface area contributed by atoms with Crippen LogP contribution >= 0.6 is 24.0 Å². The molecule has 2 aromatic rings. The molecule has 0 spiro atoms. The van der Waals surface area contributed by atoms with Gasteiger partial charge in [-0.3, -0.25) is 4.79 Å². The molecule has 1 amide bonds. The van der Waals surface area contributed by atoms with E-state index in [-0.39, 0.29) is 42.5 Å². The lowest BCUT2D eigenvalue weighted by molar-refractivity contribution is -0.130. The van der Waals surface area contributed by atoms with Crippen molar-refractivity contribution in [2.75, 3.05) is 34.4 Å². The standard InChI is InChI=1S/C22H33N7O3.HI/c1-5-23-22(25-17-9-10-20-26-19(14-31-4)27-29(20)13-17)24-12-16-7-6-8-18(11-16)32-15-21(30)28(2)3;/h6-8,11,17H,5,9-10,12-15H2,1-4H3,(H2,23,24,25);1H. The van der Waals surface area contributed by atoms with Crippen LogP contribution in [0.25, 0.3) is 0 Å². The Labute approximate surface area is 212 Å². The predicted octanol–water partition coefficient (Wildman–Crippen LogP) is 1.58. The SMILES string of the molecule is CCNC(=NCc1cccc(OCC(=O)N(C)C)c1)NC1CCc2nc(COC)nn2C1.I. The highest BCUT2D eigenvalue weighted by atomic mass is 127. The van der Waals surface area contributed by atoms with E-state index in [0.29, 0.717) is 18.9 Å². The topological polar surface area (TPSA) is 106 Å². The van der Waals surface area contributed by atoms with Gasteiger partial charge in [-0.1, -0.05) is 12.1 Å². The summed E-state index contributed by atoms with van der Waals surface area (Å²) in [6, 6.07) is 7.87. The number of carbonyl (C=O) groups is 1. The lowest BCUT2D eigenvalue weighted by Gasteiger charge is -2.25. The first-order valence-corrected chi connectivity index (χ1v) is 10.9. The Morgan fingerprint density at radius 1 is 1.36 bits per heavy atom. The fourth-order valence-corrected chi connectivity index (χ4v) is 3.36. The molecule has 1 atom stereocenters. The van der Waals surface area contributed by atoms with Gasteiger partial charge in [-0.2, -0.15) is 5.10 Å². The van der Waals surface area contributed by atoms with Crippen LogP contribution < -0.4 is 15.4 Å². The maximum Gasteiger partial charge on any atom is 0.259 e. The molecule has 2 heterocycles. The number of ether oxygens (including phenoxy) is 2. The first kappa shape index (κ1) is 26.8. The number of carbonyl (C=O) groups excluding carboxylic acids is 1. The first-order valence-electron chi connectivity index (χ1n) is 10.9. The number of benzene rings is 1. The van der Waals surface area contributed by atoms with E-state index in [0.717, 1.165) is 49.1 Å². The van der Waals surface area contributed by atoms with E-state index in [4.69, 9.17) is 14.5 Å². The second-order valence-corrected chi connectivity index (χ2v) is 7.86. The van der Waals surface area contributed by atoms with E-state index in [9.17, 15) is 4.79 Å². The molecule has 0 radical (unpaired) electrons. The second-order valence-electron chi connectivity index (χ2n) is 7.86. The average Bonchev–Trinajstić information content (AvgIpc) is 3.18. The zero-order valence-electron chi connectivity index (χ0n) is 19.7. The number of nitrogens with one attached hydrogen (secondary N) is 2. The van der Waals surface area contributed by atoms with Crippen molar-refractivity contribution in [1.29, 1.82) is 0 Å². The molecule has 1 unspecified atom stereocenters. The Morgan fingerprint density at radius 3 is 2.91 bits per heavy atom. The molecule has 1 aliphatic heterocycles. The van der Waals surface area contributed by atoms with E-state index in [1.165, 1.54) is 4.90 Å². The predicted molar refractivity (Wildman–Crippen MR) is 137 cm³/mol. The normalized spacial score (nSPS) is 15.3. The highest BCUT2D eigenvalue weighted by Crippen LogP contribution is 2.15. The van der Waals surface area contributed by atoms with Gasteiger partial charge in [-0.25, -0.2) is 14.7 Å². The average molecular weight is 571 g/mol. The maximum absolute atomic E-state index is 11.7. The number of methoxy groups -OCH3 is 1. The number of aliphatic imine (C=N–C) groups is 1. The molecule has 1 aliphatic rings. The molecular formula is C22H34IN7O3. The zero-order chi connectivity index (χ0) is 22.9. The number of hydrogen-bond donors (Lipinski definition) is 2. The maximum atomic E-state index is 11.7. The zero-order valence-corrected chi connectivity index (χ0v) is 22.0. The summed E-state index contributed by atoms with van der Waals surface area (Å²) >= 11 is 0. The van der Waals surface area contributed by atoms with Crippen molar-refractivity contribution in [3.8, 4) is 5.75 Å². The van der Waals surface area contributed by atoms with E-state index in [1.807, 2.05) is 35.9 Å². The Morgan fingerprint density at radius 2 is 2.18 bits per heavy atom. The molecule has 1 aromatic carbocycles. The summed E-state index contributed by atoms with van der Waals surface area (Å²) in [5.41, 5.74) is 1.00. The molecule has 2 N–H and O–H groups in total. The quantitative estimate of drug-likeness (QED) is 0.268. The third kappa shape index (κ3) is 8.14. The Balaban J connectivity index is 0.00000385. The summed E-state index contributed by atoms with van der Waals surface area (Å²) < 4.78 is 12.7. The highest BCUT2D eigenvalue weighted by Gasteiger charge is 2.22. The number of aromatic nitrogens is 3. The van der Waals surface area contributed by atoms with Crippen molar-refractivity contribution >= 4 is 35.8 Å². The molecule has 1 aromatic heterocycles. The van der Waals surface area contributed by atoms with Gasteiger partial charge in [0.1, 0.15) is 18.2 Å². The molecule has 0 bridgehead atoms. The number of rotatable bonds is 9. The van der Waals surface area contributed by atoms with E-state index < -0.39 is 0 Å². The summed E-state index contributed by atoms with van der Waals surface area (Å²) in [5.74, 6) is 3.06. The molecule has 0 aliphatic carbocycles. The van der Waals surface area contributed by atoms with Crippen molar-refractivity contribution in [3.63, 3.8) is 0 Å². The first-order chi connectivity index (χ1) is 15.5. The highest BCUT2D eigenvalue weighted by molar-refractivity contribution is 14.0. The van der Waals surface area contributed by atoms with Crippen LogP contribution in [0.3, 0.4) is 0 Å². The molecular weight excluding hydrogens is 537 g/mol. The van der Waals surface area contributed by atoms with Gasteiger partial charge in [0.15, 0.2) is 18.4 Å². The number of aryl methyl sites for hydroxylation is 1. The molecule has 11 heteroatoms. The van der Waals surface area contributed by atoms with Crippen LogP contribution in [0.1, 0.15) is 30.6 Å². The van der Waals surface area contributed by atoms with E-state index in [2.05, 4.69) is 20.7 Å². The van der Waals surface area contributed by atoms with Gasteiger partial charge >= 0.3 is 0 Å². The lowest BCUT2D eigenvalue weighted by Crippen LogP contribution is -2.47. The van der Waals surface area contributed by atoms with Crippen LogP contribution in [-0.2, 0) is 35.6 Å². The van der Waals surface area contributed by atoms with Crippen molar-refractivity contribution < 1.29 is 14.3 Å². The number of fused-ring (bicyclic) bond motifs is 1.